The first-order chi connectivity index (χ1) is 12.9. The molecule has 0 amide bonds. The van der Waals surface area contributed by atoms with Gasteiger partial charge in [0.2, 0.25) is 0 Å². The Bertz CT molecular complexity index is 559. The Hall–Kier alpha value is -1.59. The highest BCUT2D eigenvalue weighted by molar-refractivity contribution is 5.79. The third-order valence-electron chi connectivity index (χ3n) is 5.72. The van der Waals surface area contributed by atoms with Crippen LogP contribution in [0.25, 0.3) is 0 Å². The SMILES string of the molecule is CCNC(=NCc1nnc2n1CCCCC2)NCCCCC1CCCC1. The van der Waals surface area contributed by atoms with Crippen LogP contribution in [0.4, 0.5) is 0 Å². The van der Waals surface area contributed by atoms with E-state index in [0.29, 0.717) is 6.54 Å². The number of fused-ring (bicyclic) bond motifs is 1. The number of hydrogen-bond donors (Lipinski definition) is 2. The summed E-state index contributed by atoms with van der Waals surface area (Å²) >= 11 is 0. The Morgan fingerprint density at radius 2 is 1.96 bits per heavy atom. The summed E-state index contributed by atoms with van der Waals surface area (Å²) in [6.07, 6.45) is 14.6. The average Bonchev–Trinajstić information content (AvgIpc) is 3.24. The molecule has 1 fully saturated rings. The molecule has 1 aliphatic heterocycles. The van der Waals surface area contributed by atoms with Crippen LogP contribution < -0.4 is 10.6 Å². The number of nitrogens with zero attached hydrogens (tertiary/aromatic N) is 4. The predicted molar refractivity (Wildman–Crippen MR) is 106 cm³/mol. The predicted octanol–water partition coefficient (Wildman–Crippen LogP) is 3.42. The number of aromatic nitrogens is 3. The lowest BCUT2D eigenvalue weighted by Crippen LogP contribution is -2.37. The summed E-state index contributed by atoms with van der Waals surface area (Å²) in [7, 11) is 0. The number of guanidine groups is 1. The van der Waals surface area contributed by atoms with Crippen LogP contribution in [0.1, 0.15) is 82.8 Å². The molecule has 2 aliphatic rings. The number of aliphatic imine (C=N–C) groups is 1. The number of aryl methyl sites for hydroxylation is 1. The normalized spacial score (nSPS) is 18.6. The smallest absolute Gasteiger partial charge is 0.191 e. The molecule has 1 aromatic rings. The summed E-state index contributed by atoms with van der Waals surface area (Å²) < 4.78 is 2.28. The molecule has 1 saturated carbocycles. The van der Waals surface area contributed by atoms with E-state index >= 15 is 0 Å². The molecule has 2 heterocycles. The monoisotopic (exact) mass is 360 g/mol. The highest BCUT2D eigenvalue weighted by Gasteiger charge is 2.15. The third-order valence-corrected chi connectivity index (χ3v) is 5.72. The van der Waals surface area contributed by atoms with Crippen molar-refractivity contribution >= 4 is 5.96 Å². The van der Waals surface area contributed by atoms with Crippen LogP contribution >= 0.6 is 0 Å². The first kappa shape index (κ1) is 19.2. The van der Waals surface area contributed by atoms with Gasteiger partial charge in [-0.1, -0.05) is 44.9 Å². The molecular formula is C20H36N6. The molecule has 0 atom stereocenters. The fraction of sp³-hybridized carbons (Fsp3) is 0.850. The van der Waals surface area contributed by atoms with Gasteiger partial charge in [0.1, 0.15) is 12.4 Å². The summed E-state index contributed by atoms with van der Waals surface area (Å²) in [5.41, 5.74) is 0. The quantitative estimate of drug-likeness (QED) is 0.423. The van der Waals surface area contributed by atoms with E-state index in [-0.39, 0.29) is 0 Å². The van der Waals surface area contributed by atoms with Crippen molar-refractivity contribution in [3.8, 4) is 0 Å². The van der Waals surface area contributed by atoms with Gasteiger partial charge in [-0.25, -0.2) is 4.99 Å². The molecule has 1 aliphatic carbocycles. The van der Waals surface area contributed by atoms with Crippen molar-refractivity contribution in [1.29, 1.82) is 0 Å². The summed E-state index contributed by atoms with van der Waals surface area (Å²) in [4.78, 5) is 4.74. The summed E-state index contributed by atoms with van der Waals surface area (Å²) in [6.45, 7) is 5.63. The fourth-order valence-electron chi connectivity index (χ4n) is 4.22. The number of rotatable bonds is 8. The van der Waals surface area contributed by atoms with Gasteiger partial charge in [0, 0.05) is 26.1 Å². The fourth-order valence-corrected chi connectivity index (χ4v) is 4.22. The van der Waals surface area contributed by atoms with E-state index in [1.54, 1.807) is 0 Å². The van der Waals surface area contributed by atoms with Crippen LogP contribution in [0.15, 0.2) is 4.99 Å². The van der Waals surface area contributed by atoms with Gasteiger partial charge in [-0.3, -0.25) is 0 Å². The Morgan fingerprint density at radius 3 is 2.81 bits per heavy atom. The molecule has 0 aromatic carbocycles. The minimum Gasteiger partial charge on any atom is -0.357 e. The van der Waals surface area contributed by atoms with Crippen molar-refractivity contribution in [3.05, 3.63) is 11.6 Å². The van der Waals surface area contributed by atoms with E-state index in [4.69, 9.17) is 4.99 Å². The Morgan fingerprint density at radius 1 is 1.08 bits per heavy atom. The van der Waals surface area contributed by atoms with Gasteiger partial charge in [0.05, 0.1) is 0 Å². The van der Waals surface area contributed by atoms with Crippen LogP contribution in [0.3, 0.4) is 0 Å². The highest BCUT2D eigenvalue weighted by atomic mass is 15.3. The third kappa shape index (κ3) is 5.71. The van der Waals surface area contributed by atoms with Crippen LogP contribution in [0, 0.1) is 5.92 Å². The molecule has 6 heteroatoms. The van der Waals surface area contributed by atoms with Crippen LogP contribution in [0.2, 0.25) is 0 Å². The minimum atomic E-state index is 0.602. The van der Waals surface area contributed by atoms with Gasteiger partial charge < -0.3 is 15.2 Å². The summed E-state index contributed by atoms with van der Waals surface area (Å²) in [5.74, 6) is 4.04. The second-order valence-electron chi connectivity index (χ2n) is 7.76. The average molecular weight is 361 g/mol. The lowest BCUT2D eigenvalue weighted by Gasteiger charge is -2.12. The molecule has 0 spiro atoms. The van der Waals surface area contributed by atoms with Gasteiger partial charge in [-0.05, 0) is 32.1 Å². The molecule has 2 N–H and O–H groups in total. The molecule has 146 valence electrons. The topological polar surface area (TPSA) is 67.1 Å². The first-order valence-electron chi connectivity index (χ1n) is 10.8. The van der Waals surface area contributed by atoms with Crippen LogP contribution in [-0.2, 0) is 19.5 Å². The molecular weight excluding hydrogens is 324 g/mol. The lowest BCUT2D eigenvalue weighted by molar-refractivity contribution is 0.472. The molecule has 0 bridgehead atoms. The van der Waals surface area contributed by atoms with E-state index in [1.165, 1.54) is 64.2 Å². The van der Waals surface area contributed by atoms with Crippen molar-refractivity contribution in [2.75, 3.05) is 13.1 Å². The van der Waals surface area contributed by atoms with E-state index in [0.717, 1.165) is 49.6 Å². The molecule has 3 rings (SSSR count). The van der Waals surface area contributed by atoms with Gasteiger partial charge in [0.25, 0.3) is 0 Å². The maximum atomic E-state index is 4.74. The molecule has 6 nitrogen and oxygen atoms in total. The van der Waals surface area contributed by atoms with Crippen molar-refractivity contribution in [2.24, 2.45) is 10.9 Å². The molecule has 0 saturated heterocycles. The maximum Gasteiger partial charge on any atom is 0.191 e. The Kier molecular flexibility index (Phi) is 7.77. The second kappa shape index (κ2) is 10.5. The number of hydrogen-bond acceptors (Lipinski definition) is 3. The van der Waals surface area contributed by atoms with Crippen molar-refractivity contribution in [3.63, 3.8) is 0 Å². The van der Waals surface area contributed by atoms with Crippen LogP contribution in [0.5, 0.6) is 0 Å². The van der Waals surface area contributed by atoms with Gasteiger partial charge in [0.15, 0.2) is 11.8 Å². The van der Waals surface area contributed by atoms with E-state index in [2.05, 4.69) is 32.3 Å². The van der Waals surface area contributed by atoms with E-state index < -0.39 is 0 Å². The number of unbranched alkanes of at least 4 members (excludes halogenated alkanes) is 1. The van der Waals surface area contributed by atoms with Crippen molar-refractivity contribution < 1.29 is 0 Å². The van der Waals surface area contributed by atoms with E-state index in [9.17, 15) is 0 Å². The zero-order chi connectivity index (χ0) is 18.0. The lowest BCUT2D eigenvalue weighted by atomic mass is 10.0. The van der Waals surface area contributed by atoms with E-state index in [1.807, 2.05) is 0 Å². The Balaban J connectivity index is 1.44. The van der Waals surface area contributed by atoms with Gasteiger partial charge in [-0.15, -0.1) is 10.2 Å². The van der Waals surface area contributed by atoms with Crippen LogP contribution in [-0.4, -0.2) is 33.8 Å². The first-order valence-corrected chi connectivity index (χ1v) is 10.8. The zero-order valence-electron chi connectivity index (χ0n) is 16.5. The zero-order valence-corrected chi connectivity index (χ0v) is 16.5. The largest absolute Gasteiger partial charge is 0.357 e. The highest BCUT2D eigenvalue weighted by Crippen LogP contribution is 2.28. The number of nitrogens with one attached hydrogen (secondary N) is 2. The molecule has 0 unspecified atom stereocenters. The molecule has 26 heavy (non-hydrogen) atoms. The van der Waals surface area contributed by atoms with Gasteiger partial charge >= 0.3 is 0 Å². The maximum absolute atomic E-state index is 4.74. The molecule has 1 aromatic heterocycles. The molecule has 0 radical (unpaired) electrons. The standard InChI is InChI=1S/C20H36N6/c1-2-21-20(22-14-8-7-12-17-10-5-6-11-17)23-16-19-25-24-18-13-4-3-9-15-26(18)19/h17H,2-16H2,1H3,(H2,21,22,23). The van der Waals surface area contributed by atoms with Gasteiger partial charge in [-0.2, -0.15) is 0 Å². The summed E-state index contributed by atoms with van der Waals surface area (Å²) in [6, 6.07) is 0. The Labute approximate surface area is 158 Å². The minimum absolute atomic E-state index is 0.602. The second-order valence-corrected chi connectivity index (χ2v) is 7.76. The van der Waals surface area contributed by atoms with Crippen molar-refractivity contribution in [2.45, 2.75) is 90.6 Å². The summed E-state index contributed by atoms with van der Waals surface area (Å²) in [5, 5.41) is 15.6. The van der Waals surface area contributed by atoms with Crippen molar-refractivity contribution in [1.82, 2.24) is 25.4 Å².